The Balaban J connectivity index is 1.55. The molecule has 2 aromatic heterocycles. The van der Waals surface area contributed by atoms with Crippen molar-refractivity contribution in [3.63, 3.8) is 0 Å². The van der Waals surface area contributed by atoms with Crippen LogP contribution in [0.1, 0.15) is 32.6 Å². The molecule has 0 spiro atoms. The third-order valence-corrected chi connectivity index (χ3v) is 5.00. The molecule has 1 aliphatic heterocycles. The zero-order valence-corrected chi connectivity index (χ0v) is 16.6. The first kappa shape index (κ1) is 20.7. The molecule has 0 radical (unpaired) electrons. The number of aryl methyl sites for hydroxylation is 1. The molecule has 1 fully saturated rings. The van der Waals surface area contributed by atoms with E-state index in [1.165, 1.54) is 10.7 Å². The van der Waals surface area contributed by atoms with Crippen molar-refractivity contribution < 1.29 is 14.3 Å². The monoisotopic (exact) mass is 398 g/mol. The molecule has 8 heteroatoms. The Morgan fingerprint density at radius 1 is 1.21 bits per heavy atom. The second kappa shape index (κ2) is 9.95. The largest absolute Gasteiger partial charge is 0.466 e. The van der Waals surface area contributed by atoms with Crippen LogP contribution in [0.4, 0.5) is 0 Å². The summed E-state index contributed by atoms with van der Waals surface area (Å²) in [6.45, 7) is 3.56. The van der Waals surface area contributed by atoms with E-state index in [9.17, 15) is 14.4 Å². The number of ether oxygens (including phenoxy) is 1. The average Bonchev–Trinajstić information content (AvgIpc) is 2.76. The molecule has 0 aliphatic carbocycles. The lowest BCUT2D eigenvalue weighted by Crippen LogP contribution is -2.42. The maximum atomic E-state index is 12.5. The Hall–Kier alpha value is -3.03. The standard InChI is InChI=1S/C21H26N4O4/c1-2-29-21(28)17-5-3-13-24(15-17)19(26)6-4-14-25-20(27)8-7-18(23-25)16-9-11-22-12-10-16/h7-12,17H,2-6,13-15H2,1H3. The number of carbonyl (C=O) groups is 2. The fraction of sp³-hybridized carbons (Fsp3) is 0.476. The number of esters is 1. The SMILES string of the molecule is CCOC(=O)C1CCCN(C(=O)CCCn2nc(-c3ccncc3)ccc2=O)C1. The Morgan fingerprint density at radius 2 is 2.00 bits per heavy atom. The quantitative estimate of drug-likeness (QED) is 0.661. The zero-order valence-electron chi connectivity index (χ0n) is 16.6. The highest BCUT2D eigenvalue weighted by molar-refractivity contribution is 5.78. The van der Waals surface area contributed by atoms with Gasteiger partial charge in [-0.1, -0.05) is 0 Å². The van der Waals surface area contributed by atoms with Gasteiger partial charge in [-0.2, -0.15) is 5.10 Å². The van der Waals surface area contributed by atoms with E-state index >= 15 is 0 Å². The highest BCUT2D eigenvalue weighted by Gasteiger charge is 2.29. The molecule has 1 atom stereocenters. The van der Waals surface area contributed by atoms with Crippen LogP contribution in [-0.4, -0.2) is 51.2 Å². The van der Waals surface area contributed by atoms with Crippen LogP contribution >= 0.6 is 0 Å². The maximum absolute atomic E-state index is 12.5. The van der Waals surface area contributed by atoms with Crippen LogP contribution in [0.3, 0.4) is 0 Å². The first-order valence-corrected chi connectivity index (χ1v) is 10.0. The van der Waals surface area contributed by atoms with Gasteiger partial charge in [-0.3, -0.25) is 19.4 Å². The van der Waals surface area contributed by atoms with Crippen molar-refractivity contribution in [1.82, 2.24) is 19.7 Å². The summed E-state index contributed by atoms with van der Waals surface area (Å²) in [6, 6.07) is 6.83. The van der Waals surface area contributed by atoms with Crippen molar-refractivity contribution in [2.75, 3.05) is 19.7 Å². The smallest absolute Gasteiger partial charge is 0.310 e. The van der Waals surface area contributed by atoms with E-state index in [2.05, 4.69) is 10.1 Å². The van der Waals surface area contributed by atoms with Crippen LogP contribution in [0.25, 0.3) is 11.3 Å². The summed E-state index contributed by atoms with van der Waals surface area (Å²) in [5.41, 5.74) is 1.37. The lowest BCUT2D eigenvalue weighted by molar-refractivity contribution is -0.151. The van der Waals surface area contributed by atoms with E-state index in [1.54, 1.807) is 30.3 Å². The van der Waals surface area contributed by atoms with E-state index in [4.69, 9.17) is 4.74 Å². The fourth-order valence-corrected chi connectivity index (χ4v) is 3.48. The summed E-state index contributed by atoms with van der Waals surface area (Å²) < 4.78 is 6.47. The van der Waals surface area contributed by atoms with E-state index < -0.39 is 0 Å². The number of pyridine rings is 1. The molecule has 1 saturated heterocycles. The molecule has 0 N–H and O–H groups in total. The summed E-state index contributed by atoms with van der Waals surface area (Å²) in [6.07, 6.45) is 5.71. The number of piperidine rings is 1. The van der Waals surface area contributed by atoms with Gasteiger partial charge in [0.1, 0.15) is 0 Å². The van der Waals surface area contributed by atoms with Gasteiger partial charge in [-0.25, -0.2) is 4.68 Å². The number of likely N-dealkylation sites (tertiary alicyclic amines) is 1. The van der Waals surface area contributed by atoms with Crippen molar-refractivity contribution in [2.24, 2.45) is 5.92 Å². The third kappa shape index (κ3) is 5.49. The Morgan fingerprint density at radius 3 is 2.76 bits per heavy atom. The lowest BCUT2D eigenvalue weighted by Gasteiger charge is -2.31. The summed E-state index contributed by atoms with van der Waals surface area (Å²) in [5, 5.41) is 4.40. The summed E-state index contributed by atoms with van der Waals surface area (Å²) in [5.74, 6) is -0.472. The molecule has 0 aromatic carbocycles. The van der Waals surface area contributed by atoms with Crippen LogP contribution in [0.5, 0.6) is 0 Å². The second-order valence-electron chi connectivity index (χ2n) is 7.05. The van der Waals surface area contributed by atoms with Crippen molar-refractivity contribution in [1.29, 1.82) is 0 Å². The molecular formula is C21H26N4O4. The normalized spacial score (nSPS) is 16.4. The highest BCUT2D eigenvalue weighted by atomic mass is 16.5. The van der Waals surface area contributed by atoms with Crippen LogP contribution < -0.4 is 5.56 Å². The number of aromatic nitrogens is 3. The first-order chi connectivity index (χ1) is 14.1. The molecule has 1 aliphatic rings. The molecule has 2 aromatic rings. The minimum absolute atomic E-state index is 0.00247. The predicted octanol–water partition coefficient (Wildman–Crippen LogP) is 1.89. The fourth-order valence-electron chi connectivity index (χ4n) is 3.48. The van der Waals surface area contributed by atoms with E-state index in [0.29, 0.717) is 44.8 Å². The van der Waals surface area contributed by atoms with Gasteiger partial charge < -0.3 is 9.64 Å². The van der Waals surface area contributed by atoms with Gasteiger partial charge in [0.05, 0.1) is 18.2 Å². The summed E-state index contributed by atoms with van der Waals surface area (Å²) >= 11 is 0. The Bertz CT molecular complexity index is 897. The van der Waals surface area contributed by atoms with Crippen LogP contribution in [0.2, 0.25) is 0 Å². The van der Waals surface area contributed by atoms with Gasteiger partial charge in [0.15, 0.2) is 0 Å². The van der Waals surface area contributed by atoms with Crippen LogP contribution in [-0.2, 0) is 20.9 Å². The summed E-state index contributed by atoms with van der Waals surface area (Å²) in [7, 11) is 0. The lowest BCUT2D eigenvalue weighted by atomic mass is 9.98. The molecule has 29 heavy (non-hydrogen) atoms. The number of amides is 1. The van der Waals surface area contributed by atoms with Crippen molar-refractivity contribution >= 4 is 11.9 Å². The van der Waals surface area contributed by atoms with Crippen molar-refractivity contribution in [2.45, 2.75) is 39.2 Å². The van der Waals surface area contributed by atoms with Crippen molar-refractivity contribution in [3.8, 4) is 11.3 Å². The second-order valence-corrected chi connectivity index (χ2v) is 7.05. The molecule has 154 valence electrons. The van der Waals surface area contributed by atoms with Crippen LogP contribution in [0, 0.1) is 5.92 Å². The third-order valence-electron chi connectivity index (χ3n) is 5.00. The number of rotatable bonds is 7. The molecule has 0 bridgehead atoms. The topological polar surface area (TPSA) is 94.4 Å². The average molecular weight is 398 g/mol. The molecular weight excluding hydrogens is 372 g/mol. The molecule has 3 heterocycles. The first-order valence-electron chi connectivity index (χ1n) is 10.0. The Labute approximate surface area is 169 Å². The number of hydrogen-bond donors (Lipinski definition) is 0. The predicted molar refractivity (Wildman–Crippen MR) is 107 cm³/mol. The van der Waals surface area contributed by atoms with Gasteiger partial charge >= 0.3 is 5.97 Å². The summed E-state index contributed by atoms with van der Waals surface area (Å²) in [4.78, 5) is 42.3. The van der Waals surface area contributed by atoms with E-state index in [-0.39, 0.29) is 23.4 Å². The van der Waals surface area contributed by atoms with Crippen molar-refractivity contribution in [3.05, 3.63) is 47.0 Å². The van der Waals surface area contributed by atoms with Gasteiger partial charge in [0.25, 0.3) is 5.56 Å². The molecule has 1 unspecified atom stereocenters. The number of nitrogens with zero attached hydrogens (tertiary/aromatic N) is 4. The van der Waals surface area contributed by atoms with Gasteiger partial charge in [-0.15, -0.1) is 0 Å². The molecule has 1 amide bonds. The van der Waals surface area contributed by atoms with E-state index in [1.807, 2.05) is 12.1 Å². The van der Waals surface area contributed by atoms with Crippen LogP contribution in [0.15, 0.2) is 41.5 Å². The van der Waals surface area contributed by atoms with Gasteiger partial charge in [0.2, 0.25) is 5.91 Å². The zero-order chi connectivity index (χ0) is 20.6. The van der Waals surface area contributed by atoms with E-state index in [0.717, 1.165) is 18.4 Å². The minimum Gasteiger partial charge on any atom is -0.466 e. The molecule has 8 nitrogen and oxygen atoms in total. The highest BCUT2D eigenvalue weighted by Crippen LogP contribution is 2.19. The maximum Gasteiger partial charge on any atom is 0.310 e. The van der Waals surface area contributed by atoms with Gasteiger partial charge in [0, 0.05) is 50.1 Å². The van der Waals surface area contributed by atoms with Gasteiger partial charge in [-0.05, 0) is 44.4 Å². The minimum atomic E-state index is -0.242. The number of carbonyl (C=O) groups excluding carboxylic acids is 2. The Kier molecular flexibility index (Phi) is 7.10. The number of hydrogen-bond acceptors (Lipinski definition) is 6. The molecule has 0 saturated carbocycles. The molecule has 3 rings (SSSR count).